The van der Waals surface area contributed by atoms with Gasteiger partial charge in [-0.1, -0.05) is 11.6 Å². The van der Waals surface area contributed by atoms with Crippen LogP contribution in [0, 0.1) is 5.41 Å². The maximum atomic E-state index is 12.7. The third-order valence-corrected chi connectivity index (χ3v) is 4.53. The standard InChI is InChI=1S/C18H22ClNO5/c1-3-24-16(22)15(20-13-9-7-12(19)8-10-13)18(17(23)25-4-2)11-5-6-14(18)21/h7-10,15,20H,3-6,11H2,1-2H3/t15-,18-/m0/s1. The molecular weight excluding hydrogens is 346 g/mol. The van der Waals surface area contributed by atoms with Crippen LogP contribution in [0.3, 0.4) is 0 Å². The van der Waals surface area contributed by atoms with E-state index in [1.54, 1.807) is 38.1 Å². The summed E-state index contributed by atoms with van der Waals surface area (Å²) < 4.78 is 10.3. The zero-order valence-electron chi connectivity index (χ0n) is 14.3. The summed E-state index contributed by atoms with van der Waals surface area (Å²) in [4.78, 5) is 37.9. The van der Waals surface area contributed by atoms with E-state index in [9.17, 15) is 14.4 Å². The highest BCUT2D eigenvalue weighted by Crippen LogP contribution is 2.41. The number of carbonyl (C=O) groups excluding carboxylic acids is 3. The van der Waals surface area contributed by atoms with Gasteiger partial charge in [0.05, 0.1) is 13.2 Å². The predicted molar refractivity (Wildman–Crippen MR) is 93.4 cm³/mol. The highest BCUT2D eigenvalue weighted by molar-refractivity contribution is 6.30. The second kappa shape index (κ2) is 8.34. The molecule has 1 fully saturated rings. The van der Waals surface area contributed by atoms with Crippen LogP contribution in [0.15, 0.2) is 24.3 Å². The molecule has 0 saturated heterocycles. The summed E-state index contributed by atoms with van der Waals surface area (Å²) in [6.07, 6.45) is 1.00. The molecule has 6 nitrogen and oxygen atoms in total. The molecule has 0 amide bonds. The smallest absolute Gasteiger partial charge is 0.330 e. The molecule has 0 aliphatic heterocycles. The number of hydrogen-bond donors (Lipinski definition) is 1. The lowest BCUT2D eigenvalue weighted by Crippen LogP contribution is -2.55. The van der Waals surface area contributed by atoms with Crippen LogP contribution in [0.25, 0.3) is 0 Å². The zero-order chi connectivity index (χ0) is 18.4. The first-order valence-corrected chi connectivity index (χ1v) is 8.72. The Morgan fingerprint density at radius 1 is 1.20 bits per heavy atom. The van der Waals surface area contributed by atoms with Crippen LogP contribution >= 0.6 is 11.6 Å². The number of anilines is 1. The Hall–Kier alpha value is -2.08. The SMILES string of the molecule is CCOC(=O)[C@H](Nc1ccc(Cl)cc1)[C@]1(C(=O)OCC)CCCC1=O. The van der Waals surface area contributed by atoms with E-state index >= 15 is 0 Å². The fourth-order valence-electron chi connectivity index (χ4n) is 3.11. The van der Waals surface area contributed by atoms with Crippen molar-refractivity contribution in [2.45, 2.75) is 39.2 Å². The second-order valence-electron chi connectivity index (χ2n) is 5.80. The molecule has 0 radical (unpaired) electrons. The molecule has 1 aliphatic rings. The largest absolute Gasteiger partial charge is 0.465 e. The molecule has 0 unspecified atom stereocenters. The van der Waals surface area contributed by atoms with Crippen LogP contribution < -0.4 is 5.32 Å². The van der Waals surface area contributed by atoms with Crippen molar-refractivity contribution in [3.05, 3.63) is 29.3 Å². The Kier molecular flexibility index (Phi) is 6.42. The molecule has 0 heterocycles. The summed E-state index contributed by atoms with van der Waals surface area (Å²) in [6.45, 7) is 3.61. The third kappa shape index (κ3) is 3.95. The highest BCUT2D eigenvalue weighted by Gasteiger charge is 2.58. The fourth-order valence-corrected chi connectivity index (χ4v) is 3.24. The van der Waals surface area contributed by atoms with Crippen molar-refractivity contribution in [1.82, 2.24) is 0 Å². The molecule has 1 aromatic carbocycles. The minimum absolute atomic E-state index is 0.129. The second-order valence-corrected chi connectivity index (χ2v) is 6.24. The van der Waals surface area contributed by atoms with Crippen LogP contribution in [0.1, 0.15) is 33.1 Å². The number of nitrogens with one attached hydrogen (secondary N) is 1. The van der Waals surface area contributed by atoms with Gasteiger partial charge in [0.2, 0.25) is 0 Å². The van der Waals surface area contributed by atoms with Crippen molar-refractivity contribution in [1.29, 1.82) is 0 Å². The van der Waals surface area contributed by atoms with Gasteiger partial charge in [0.1, 0.15) is 6.04 Å². The Labute approximate surface area is 151 Å². The van der Waals surface area contributed by atoms with Crippen LogP contribution in [0.2, 0.25) is 5.02 Å². The first-order chi connectivity index (χ1) is 12.0. The number of Topliss-reactive ketones (excluding diaryl/α,β-unsaturated/α-hetero) is 1. The van der Waals surface area contributed by atoms with Crippen LogP contribution in [-0.4, -0.2) is 37.0 Å². The van der Waals surface area contributed by atoms with E-state index in [4.69, 9.17) is 21.1 Å². The van der Waals surface area contributed by atoms with Gasteiger partial charge in [-0.2, -0.15) is 0 Å². The number of benzene rings is 1. The number of ether oxygens (including phenoxy) is 2. The van der Waals surface area contributed by atoms with Gasteiger partial charge >= 0.3 is 11.9 Å². The maximum Gasteiger partial charge on any atom is 0.330 e. The first-order valence-electron chi connectivity index (χ1n) is 8.35. The van der Waals surface area contributed by atoms with Gasteiger partial charge in [-0.05, 0) is 51.0 Å². The van der Waals surface area contributed by atoms with Gasteiger partial charge in [-0.3, -0.25) is 9.59 Å². The van der Waals surface area contributed by atoms with Gasteiger partial charge < -0.3 is 14.8 Å². The molecule has 7 heteroatoms. The van der Waals surface area contributed by atoms with Crippen molar-refractivity contribution in [2.24, 2.45) is 5.41 Å². The van der Waals surface area contributed by atoms with E-state index in [1.807, 2.05) is 0 Å². The Morgan fingerprint density at radius 3 is 2.36 bits per heavy atom. The summed E-state index contributed by atoms with van der Waals surface area (Å²) in [5, 5.41) is 3.53. The molecule has 2 rings (SSSR count). The van der Waals surface area contributed by atoms with E-state index in [0.717, 1.165) is 0 Å². The Morgan fingerprint density at radius 2 is 1.84 bits per heavy atom. The topological polar surface area (TPSA) is 81.7 Å². The molecule has 0 spiro atoms. The number of esters is 2. The van der Waals surface area contributed by atoms with Gasteiger partial charge in [-0.25, -0.2) is 4.79 Å². The average Bonchev–Trinajstić information content (AvgIpc) is 2.97. The molecule has 2 atom stereocenters. The summed E-state index contributed by atoms with van der Waals surface area (Å²) in [5.41, 5.74) is -1.01. The molecule has 1 saturated carbocycles. The van der Waals surface area contributed by atoms with E-state index in [2.05, 4.69) is 5.32 Å². The number of halogens is 1. The van der Waals surface area contributed by atoms with Crippen molar-refractivity contribution in [3.63, 3.8) is 0 Å². The summed E-state index contributed by atoms with van der Waals surface area (Å²) >= 11 is 5.88. The number of hydrogen-bond acceptors (Lipinski definition) is 6. The lowest BCUT2D eigenvalue weighted by Gasteiger charge is -2.33. The lowest BCUT2D eigenvalue weighted by molar-refractivity contribution is -0.166. The van der Waals surface area contributed by atoms with Crippen LogP contribution in [-0.2, 0) is 23.9 Å². The van der Waals surface area contributed by atoms with E-state index < -0.39 is 23.4 Å². The molecule has 1 N–H and O–H groups in total. The molecule has 25 heavy (non-hydrogen) atoms. The van der Waals surface area contributed by atoms with Gasteiger partial charge in [-0.15, -0.1) is 0 Å². The minimum Gasteiger partial charge on any atom is -0.465 e. The fraction of sp³-hybridized carbons (Fsp3) is 0.500. The van der Waals surface area contributed by atoms with E-state index in [-0.39, 0.29) is 31.8 Å². The van der Waals surface area contributed by atoms with Gasteiger partial charge in [0, 0.05) is 17.1 Å². The van der Waals surface area contributed by atoms with Crippen molar-refractivity contribution in [3.8, 4) is 0 Å². The molecule has 1 aromatic rings. The van der Waals surface area contributed by atoms with Gasteiger partial charge in [0.15, 0.2) is 11.2 Å². The van der Waals surface area contributed by atoms with Crippen molar-refractivity contribution >= 4 is 35.0 Å². The predicted octanol–water partition coefficient (Wildman–Crippen LogP) is 2.99. The molecule has 136 valence electrons. The summed E-state index contributed by atoms with van der Waals surface area (Å²) in [7, 11) is 0. The van der Waals surface area contributed by atoms with E-state index in [1.165, 1.54) is 0 Å². The van der Waals surface area contributed by atoms with Crippen LogP contribution in [0.4, 0.5) is 5.69 Å². The van der Waals surface area contributed by atoms with Crippen molar-refractivity contribution in [2.75, 3.05) is 18.5 Å². The molecule has 0 bridgehead atoms. The van der Waals surface area contributed by atoms with Crippen molar-refractivity contribution < 1.29 is 23.9 Å². The number of rotatable bonds is 7. The Bertz CT molecular complexity index is 645. The average molecular weight is 368 g/mol. The maximum absolute atomic E-state index is 12.7. The van der Waals surface area contributed by atoms with E-state index in [0.29, 0.717) is 17.1 Å². The summed E-state index contributed by atoms with van der Waals surface area (Å²) in [6, 6.07) is 5.50. The van der Waals surface area contributed by atoms with Crippen LogP contribution in [0.5, 0.6) is 0 Å². The lowest BCUT2D eigenvalue weighted by atomic mass is 9.77. The monoisotopic (exact) mass is 367 g/mol. The number of ketones is 1. The van der Waals surface area contributed by atoms with Gasteiger partial charge in [0.25, 0.3) is 0 Å². The first kappa shape index (κ1) is 19.2. The summed E-state index contributed by atoms with van der Waals surface area (Å²) in [5.74, 6) is -1.64. The number of carbonyl (C=O) groups is 3. The Balaban J connectivity index is 2.43. The molecule has 0 aromatic heterocycles. The quantitative estimate of drug-likeness (QED) is 0.589. The zero-order valence-corrected chi connectivity index (χ0v) is 15.1. The molecule has 1 aliphatic carbocycles. The highest BCUT2D eigenvalue weighted by atomic mass is 35.5. The third-order valence-electron chi connectivity index (χ3n) is 4.28. The molecular formula is C18H22ClNO5. The normalized spacial score (nSPS) is 20.8. The minimum atomic E-state index is -1.57.